The van der Waals surface area contributed by atoms with Crippen molar-refractivity contribution in [3.05, 3.63) is 59.2 Å². The molecule has 0 unspecified atom stereocenters. The molecule has 0 radical (unpaired) electrons. The minimum absolute atomic E-state index is 0.0478. The molecule has 0 spiro atoms. The molecule has 0 aliphatic heterocycles. The lowest BCUT2D eigenvalue weighted by molar-refractivity contribution is -0.140. The van der Waals surface area contributed by atoms with Gasteiger partial charge in [-0.1, -0.05) is 47.3 Å². The summed E-state index contributed by atoms with van der Waals surface area (Å²) in [4.78, 5) is 13.1. The summed E-state index contributed by atoms with van der Waals surface area (Å²) in [6.07, 6.45) is -4.51. The molecule has 6 nitrogen and oxygen atoms in total. The van der Waals surface area contributed by atoms with Crippen molar-refractivity contribution in [3.63, 3.8) is 0 Å². The number of esters is 1. The van der Waals surface area contributed by atoms with Crippen LogP contribution in [0.3, 0.4) is 0 Å². The van der Waals surface area contributed by atoms with Crippen molar-refractivity contribution in [2.24, 2.45) is 0 Å². The normalized spacial score (nSPS) is 12.7. The second-order valence-electron chi connectivity index (χ2n) is 10.1. The summed E-state index contributed by atoms with van der Waals surface area (Å²) < 4.78 is 44.7. The molecule has 0 amide bonds. The molecule has 2 aromatic carbocycles. The standard InChI is InChI=1S/C25H28F3N3O3/c1-14(2)22(33)34-13-24(6,7)16-10-17(23(3,4)5)21(32)20(12-16)31-29-18-9-8-15(25(26,27)28)11-19(18)30-31/h8-12,32H,1,13H2,2-7H3. The van der Waals surface area contributed by atoms with E-state index in [2.05, 4.69) is 16.8 Å². The Balaban J connectivity index is 2.15. The number of carbonyl (C=O) groups excluding carboxylic acids is 1. The number of hydrogen-bond acceptors (Lipinski definition) is 5. The van der Waals surface area contributed by atoms with E-state index < -0.39 is 28.5 Å². The largest absolute Gasteiger partial charge is 0.505 e. The van der Waals surface area contributed by atoms with Gasteiger partial charge in [-0.25, -0.2) is 4.79 Å². The SMILES string of the molecule is C=C(C)C(=O)OCC(C)(C)c1cc(-n2nc3ccc(C(F)(F)F)cc3n2)c(O)c(C(C)(C)C)c1. The predicted octanol–water partition coefficient (Wildman–Crippen LogP) is 5.84. The fourth-order valence-corrected chi connectivity index (χ4v) is 3.39. The number of rotatable bonds is 5. The summed E-state index contributed by atoms with van der Waals surface area (Å²) >= 11 is 0. The minimum Gasteiger partial charge on any atom is -0.505 e. The lowest BCUT2D eigenvalue weighted by atomic mass is 9.79. The van der Waals surface area contributed by atoms with Crippen molar-refractivity contribution in [1.82, 2.24) is 15.0 Å². The number of nitrogens with zero attached hydrogens (tertiary/aromatic N) is 3. The van der Waals surface area contributed by atoms with Gasteiger partial charge in [-0.15, -0.1) is 15.0 Å². The van der Waals surface area contributed by atoms with Crippen molar-refractivity contribution in [3.8, 4) is 11.4 Å². The van der Waals surface area contributed by atoms with Gasteiger partial charge < -0.3 is 9.84 Å². The second-order valence-corrected chi connectivity index (χ2v) is 10.1. The highest BCUT2D eigenvalue weighted by Gasteiger charge is 2.32. The van der Waals surface area contributed by atoms with Gasteiger partial charge in [0.2, 0.25) is 0 Å². The van der Waals surface area contributed by atoms with E-state index in [0.29, 0.717) is 5.56 Å². The van der Waals surface area contributed by atoms with Gasteiger partial charge in [-0.3, -0.25) is 0 Å². The van der Waals surface area contributed by atoms with E-state index in [4.69, 9.17) is 4.74 Å². The zero-order chi connectivity index (χ0) is 25.6. The molecular weight excluding hydrogens is 447 g/mol. The van der Waals surface area contributed by atoms with Crippen LogP contribution in [0.2, 0.25) is 0 Å². The van der Waals surface area contributed by atoms with Crippen LogP contribution in [0.15, 0.2) is 42.5 Å². The quantitative estimate of drug-likeness (QED) is 0.371. The first kappa shape index (κ1) is 25.3. The molecule has 0 atom stereocenters. The number of aromatic hydroxyl groups is 1. The second kappa shape index (κ2) is 8.45. The molecule has 3 rings (SSSR count). The average molecular weight is 476 g/mol. The molecule has 0 bridgehead atoms. The Kier molecular flexibility index (Phi) is 6.28. The van der Waals surface area contributed by atoms with Crippen molar-refractivity contribution in [2.75, 3.05) is 6.61 Å². The molecule has 1 heterocycles. The number of ether oxygens (including phenoxy) is 1. The monoisotopic (exact) mass is 475 g/mol. The number of benzene rings is 2. The van der Waals surface area contributed by atoms with Gasteiger partial charge in [0, 0.05) is 16.6 Å². The third kappa shape index (κ3) is 5.08. The molecule has 0 fully saturated rings. The lowest BCUT2D eigenvalue weighted by Crippen LogP contribution is -2.27. The highest BCUT2D eigenvalue weighted by molar-refractivity contribution is 5.87. The Bertz CT molecular complexity index is 1270. The van der Waals surface area contributed by atoms with Crippen LogP contribution in [0.1, 0.15) is 58.2 Å². The first-order chi connectivity index (χ1) is 15.5. The van der Waals surface area contributed by atoms with Crippen LogP contribution >= 0.6 is 0 Å². The van der Waals surface area contributed by atoms with E-state index >= 15 is 0 Å². The molecule has 0 aliphatic carbocycles. The number of phenols is 1. The van der Waals surface area contributed by atoms with E-state index in [0.717, 1.165) is 22.5 Å². The van der Waals surface area contributed by atoms with Crippen molar-refractivity contribution in [1.29, 1.82) is 0 Å². The van der Waals surface area contributed by atoms with Crippen LogP contribution in [0.5, 0.6) is 5.75 Å². The van der Waals surface area contributed by atoms with Crippen LogP contribution in [0, 0.1) is 0 Å². The molecule has 9 heteroatoms. The first-order valence-corrected chi connectivity index (χ1v) is 10.7. The fraction of sp³-hybridized carbons (Fsp3) is 0.400. The maximum atomic E-state index is 13.1. The molecule has 0 saturated heterocycles. The van der Waals surface area contributed by atoms with Crippen LogP contribution in [0.4, 0.5) is 13.2 Å². The van der Waals surface area contributed by atoms with Crippen LogP contribution in [-0.4, -0.2) is 32.7 Å². The molecule has 182 valence electrons. The summed E-state index contributed by atoms with van der Waals surface area (Å²) in [5.74, 6) is -0.592. The Labute approximate surface area is 196 Å². The molecule has 0 saturated carbocycles. The van der Waals surface area contributed by atoms with E-state index in [-0.39, 0.29) is 34.7 Å². The van der Waals surface area contributed by atoms with Crippen molar-refractivity contribution < 1.29 is 27.8 Å². The third-order valence-electron chi connectivity index (χ3n) is 5.51. The molecule has 3 aromatic rings. The number of fused-ring (bicyclic) bond motifs is 1. The molecule has 0 aliphatic rings. The van der Waals surface area contributed by atoms with Crippen LogP contribution < -0.4 is 0 Å². The zero-order valence-corrected chi connectivity index (χ0v) is 20.0. The van der Waals surface area contributed by atoms with E-state index in [9.17, 15) is 23.1 Å². The van der Waals surface area contributed by atoms with E-state index in [1.54, 1.807) is 13.0 Å². The Morgan fingerprint density at radius 3 is 2.21 bits per heavy atom. The van der Waals surface area contributed by atoms with Gasteiger partial charge in [0.25, 0.3) is 0 Å². The number of hydrogen-bond donors (Lipinski definition) is 1. The highest BCUT2D eigenvalue weighted by atomic mass is 19.4. The van der Waals surface area contributed by atoms with Gasteiger partial charge in [0.05, 0.1) is 5.56 Å². The van der Waals surface area contributed by atoms with Gasteiger partial charge in [0.1, 0.15) is 29.1 Å². The number of carbonyl (C=O) groups is 1. The van der Waals surface area contributed by atoms with Crippen molar-refractivity contribution in [2.45, 2.75) is 58.5 Å². The smallest absolute Gasteiger partial charge is 0.416 e. The van der Waals surface area contributed by atoms with Gasteiger partial charge in [-0.2, -0.15) is 13.2 Å². The number of phenolic OH excluding ortho intramolecular Hbond substituents is 1. The van der Waals surface area contributed by atoms with E-state index in [1.807, 2.05) is 40.7 Å². The minimum atomic E-state index is -4.51. The lowest BCUT2D eigenvalue weighted by Gasteiger charge is -2.29. The van der Waals surface area contributed by atoms with E-state index in [1.165, 1.54) is 6.07 Å². The summed E-state index contributed by atoms with van der Waals surface area (Å²) in [5, 5.41) is 19.6. The van der Waals surface area contributed by atoms with Crippen LogP contribution in [-0.2, 0) is 26.5 Å². The summed E-state index contributed by atoms with van der Waals surface area (Å²) in [6.45, 7) is 14.7. The molecule has 34 heavy (non-hydrogen) atoms. The van der Waals surface area contributed by atoms with Gasteiger partial charge in [0.15, 0.2) is 0 Å². The predicted molar refractivity (Wildman–Crippen MR) is 123 cm³/mol. The summed E-state index contributed by atoms with van der Waals surface area (Å²) in [6, 6.07) is 6.60. The number of aromatic nitrogens is 3. The molecular formula is C25H28F3N3O3. The molecule has 1 aromatic heterocycles. The first-order valence-electron chi connectivity index (χ1n) is 10.7. The Morgan fingerprint density at radius 1 is 1.03 bits per heavy atom. The zero-order valence-electron chi connectivity index (χ0n) is 20.0. The summed E-state index contributed by atoms with van der Waals surface area (Å²) in [7, 11) is 0. The topological polar surface area (TPSA) is 77.2 Å². The summed E-state index contributed by atoms with van der Waals surface area (Å²) in [5.41, 5.74) is 0.152. The maximum Gasteiger partial charge on any atom is 0.416 e. The van der Waals surface area contributed by atoms with Gasteiger partial charge in [-0.05, 0) is 42.2 Å². The third-order valence-corrected chi connectivity index (χ3v) is 5.51. The fourth-order valence-electron chi connectivity index (χ4n) is 3.39. The Hall–Kier alpha value is -3.36. The highest BCUT2D eigenvalue weighted by Crippen LogP contribution is 2.39. The molecule has 1 N–H and O–H groups in total. The Morgan fingerprint density at radius 2 is 1.65 bits per heavy atom. The number of halogens is 3. The van der Waals surface area contributed by atoms with Crippen LogP contribution in [0.25, 0.3) is 16.7 Å². The van der Waals surface area contributed by atoms with Gasteiger partial charge >= 0.3 is 12.1 Å². The average Bonchev–Trinajstić information content (AvgIpc) is 3.13. The van der Waals surface area contributed by atoms with Crippen molar-refractivity contribution >= 4 is 17.0 Å². The number of alkyl halides is 3. The maximum absolute atomic E-state index is 13.1.